The van der Waals surface area contributed by atoms with Crippen molar-refractivity contribution in [2.45, 2.75) is 31.8 Å². The van der Waals surface area contributed by atoms with E-state index in [9.17, 15) is 4.39 Å². The molecule has 1 aromatic carbocycles. The van der Waals surface area contributed by atoms with Crippen LogP contribution < -0.4 is 5.73 Å². The van der Waals surface area contributed by atoms with Crippen molar-refractivity contribution in [2.24, 2.45) is 5.73 Å². The maximum atomic E-state index is 13.2. The summed E-state index contributed by atoms with van der Waals surface area (Å²) in [5.74, 6) is -0.155. The standard InChI is InChI=1S/C14H16FN3S/c15-11-3-1-10-6-12(4-2-9(10)5-11)18-13(7-16)8-17-14(18)19/h1,3,5,8,12H,2,4,6-7,16H2,(H,17,19)/t12-/m0/s1. The first-order chi connectivity index (χ1) is 9.19. The average Bonchev–Trinajstić information content (AvgIpc) is 2.79. The number of benzene rings is 1. The van der Waals surface area contributed by atoms with E-state index < -0.39 is 0 Å². The first kappa shape index (κ1) is 12.6. The summed E-state index contributed by atoms with van der Waals surface area (Å²) in [5, 5.41) is 0. The molecule has 0 bridgehead atoms. The van der Waals surface area contributed by atoms with Crippen molar-refractivity contribution < 1.29 is 4.39 Å². The SMILES string of the molecule is NCc1c[nH]c(=S)n1[C@H]1CCc2cc(F)ccc2C1. The highest BCUT2D eigenvalue weighted by Gasteiger charge is 2.22. The van der Waals surface area contributed by atoms with Crippen LogP contribution in [0.4, 0.5) is 4.39 Å². The van der Waals surface area contributed by atoms with E-state index in [1.807, 2.05) is 12.3 Å². The predicted molar refractivity (Wildman–Crippen MR) is 75.0 cm³/mol. The Hall–Kier alpha value is -1.46. The number of imidazole rings is 1. The highest BCUT2D eigenvalue weighted by atomic mass is 32.1. The molecule has 0 amide bonds. The maximum Gasteiger partial charge on any atom is 0.177 e. The second-order valence-electron chi connectivity index (χ2n) is 4.97. The lowest BCUT2D eigenvalue weighted by Gasteiger charge is -2.27. The van der Waals surface area contributed by atoms with Gasteiger partial charge in [-0.15, -0.1) is 0 Å². The molecule has 0 aliphatic heterocycles. The van der Waals surface area contributed by atoms with E-state index >= 15 is 0 Å². The van der Waals surface area contributed by atoms with Gasteiger partial charge in [0.15, 0.2) is 4.77 Å². The van der Waals surface area contributed by atoms with Crippen LogP contribution in [0, 0.1) is 10.6 Å². The Balaban J connectivity index is 1.95. The predicted octanol–water partition coefficient (Wildman–Crippen LogP) is 2.87. The molecule has 1 aliphatic rings. The van der Waals surface area contributed by atoms with Crippen LogP contribution in [0.15, 0.2) is 24.4 Å². The lowest BCUT2D eigenvalue weighted by molar-refractivity contribution is 0.426. The molecule has 19 heavy (non-hydrogen) atoms. The topological polar surface area (TPSA) is 46.7 Å². The van der Waals surface area contributed by atoms with Crippen molar-refractivity contribution in [3.8, 4) is 0 Å². The number of rotatable bonds is 2. The molecular weight excluding hydrogens is 261 g/mol. The smallest absolute Gasteiger partial charge is 0.177 e. The lowest BCUT2D eigenvalue weighted by atomic mass is 9.88. The Bertz CT molecular complexity index is 659. The molecule has 2 aromatic rings. The summed E-state index contributed by atoms with van der Waals surface area (Å²) in [6, 6.07) is 5.37. The Kier molecular flexibility index (Phi) is 3.24. The number of aromatic amines is 1. The number of H-pyrrole nitrogens is 1. The van der Waals surface area contributed by atoms with Crippen LogP contribution in [0.3, 0.4) is 0 Å². The van der Waals surface area contributed by atoms with E-state index in [4.69, 9.17) is 18.0 Å². The van der Waals surface area contributed by atoms with Gasteiger partial charge >= 0.3 is 0 Å². The van der Waals surface area contributed by atoms with Crippen molar-refractivity contribution in [2.75, 3.05) is 0 Å². The molecule has 3 nitrogen and oxygen atoms in total. The average molecular weight is 277 g/mol. The minimum Gasteiger partial charge on any atom is -0.337 e. The van der Waals surface area contributed by atoms with Gasteiger partial charge in [0, 0.05) is 18.8 Å². The number of hydrogen-bond acceptors (Lipinski definition) is 2. The van der Waals surface area contributed by atoms with E-state index in [0.717, 1.165) is 35.3 Å². The summed E-state index contributed by atoms with van der Waals surface area (Å²) >= 11 is 5.33. The Labute approximate surface area is 116 Å². The maximum absolute atomic E-state index is 13.2. The van der Waals surface area contributed by atoms with Gasteiger partial charge in [0.25, 0.3) is 0 Å². The van der Waals surface area contributed by atoms with Gasteiger partial charge in [-0.05, 0) is 54.7 Å². The fourth-order valence-electron chi connectivity index (χ4n) is 2.90. The van der Waals surface area contributed by atoms with Gasteiger partial charge in [0.2, 0.25) is 0 Å². The van der Waals surface area contributed by atoms with Gasteiger partial charge in [-0.3, -0.25) is 0 Å². The molecule has 100 valence electrons. The van der Waals surface area contributed by atoms with E-state index in [-0.39, 0.29) is 5.82 Å². The third kappa shape index (κ3) is 2.24. The molecule has 3 N–H and O–H groups in total. The molecule has 3 rings (SSSR count). The van der Waals surface area contributed by atoms with Crippen molar-refractivity contribution in [1.82, 2.24) is 9.55 Å². The van der Waals surface area contributed by atoms with Crippen LogP contribution >= 0.6 is 12.2 Å². The van der Waals surface area contributed by atoms with Gasteiger partial charge in [0.05, 0.1) is 5.69 Å². The Morgan fingerprint density at radius 3 is 3.05 bits per heavy atom. The van der Waals surface area contributed by atoms with Crippen LogP contribution in [0.1, 0.15) is 29.3 Å². The molecule has 0 saturated heterocycles. The zero-order valence-electron chi connectivity index (χ0n) is 10.5. The van der Waals surface area contributed by atoms with Gasteiger partial charge < -0.3 is 15.3 Å². The first-order valence-corrected chi connectivity index (χ1v) is 6.86. The summed E-state index contributed by atoms with van der Waals surface area (Å²) in [7, 11) is 0. The Morgan fingerprint density at radius 1 is 1.42 bits per heavy atom. The van der Waals surface area contributed by atoms with Crippen molar-refractivity contribution in [3.63, 3.8) is 0 Å². The third-order valence-corrected chi connectivity index (χ3v) is 4.15. The third-order valence-electron chi connectivity index (χ3n) is 3.84. The van der Waals surface area contributed by atoms with E-state index in [1.54, 1.807) is 6.07 Å². The minimum atomic E-state index is -0.155. The minimum absolute atomic E-state index is 0.155. The molecule has 1 atom stereocenters. The highest BCUT2D eigenvalue weighted by Crippen LogP contribution is 2.30. The van der Waals surface area contributed by atoms with Gasteiger partial charge in [-0.1, -0.05) is 6.07 Å². The number of fused-ring (bicyclic) bond motifs is 1. The van der Waals surface area contributed by atoms with Crippen molar-refractivity contribution in [3.05, 3.63) is 51.8 Å². The quantitative estimate of drug-likeness (QED) is 0.829. The van der Waals surface area contributed by atoms with Crippen LogP contribution in [-0.4, -0.2) is 9.55 Å². The van der Waals surface area contributed by atoms with Crippen LogP contribution in [0.5, 0.6) is 0 Å². The molecule has 5 heteroatoms. The molecule has 0 radical (unpaired) electrons. The number of nitrogens with two attached hydrogens (primary N) is 1. The Morgan fingerprint density at radius 2 is 2.26 bits per heavy atom. The van der Waals surface area contributed by atoms with Gasteiger partial charge in [-0.25, -0.2) is 4.39 Å². The second-order valence-corrected chi connectivity index (χ2v) is 5.36. The normalized spacial score (nSPS) is 18.3. The van der Waals surface area contributed by atoms with Crippen LogP contribution in [0.25, 0.3) is 0 Å². The largest absolute Gasteiger partial charge is 0.337 e. The number of aromatic nitrogens is 2. The number of nitrogens with zero attached hydrogens (tertiary/aromatic N) is 1. The molecular formula is C14H16FN3S. The molecule has 0 fully saturated rings. The first-order valence-electron chi connectivity index (χ1n) is 6.45. The fraction of sp³-hybridized carbons (Fsp3) is 0.357. The molecule has 1 heterocycles. The summed E-state index contributed by atoms with van der Waals surface area (Å²) in [5.41, 5.74) is 9.11. The van der Waals surface area contributed by atoms with E-state index in [0.29, 0.717) is 12.6 Å². The summed E-state index contributed by atoms with van der Waals surface area (Å²) in [6.07, 6.45) is 4.61. The second kappa shape index (κ2) is 4.90. The van der Waals surface area contributed by atoms with Crippen molar-refractivity contribution >= 4 is 12.2 Å². The summed E-state index contributed by atoms with van der Waals surface area (Å²) in [6.45, 7) is 0.472. The molecule has 1 aliphatic carbocycles. The molecule has 0 spiro atoms. The molecule has 0 unspecified atom stereocenters. The zero-order chi connectivity index (χ0) is 13.4. The number of aryl methyl sites for hydroxylation is 1. The van der Waals surface area contributed by atoms with Crippen LogP contribution in [-0.2, 0) is 19.4 Å². The molecule has 0 saturated carbocycles. The number of halogens is 1. The highest BCUT2D eigenvalue weighted by molar-refractivity contribution is 7.71. The van der Waals surface area contributed by atoms with Gasteiger partial charge in [-0.2, -0.15) is 0 Å². The lowest BCUT2D eigenvalue weighted by Crippen LogP contribution is -2.21. The zero-order valence-corrected chi connectivity index (χ0v) is 11.3. The van der Waals surface area contributed by atoms with Crippen molar-refractivity contribution in [1.29, 1.82) is 0 Å². The van der Waals surface area contributed by atoms with E-state index in [1.165, 1.54) is 11.6 Å². The number of nitrogens with one attached hydrogen (secondary N) is 1. The summed E-state index contributed by atoms with van der Waals surface area (Å²) in [4.78, 5) is 3.06. The van der Waals surface area contributed by atoms with E-state index in [2.05, 4.69) is 9.55 Å². The monoisotopic (exact) mass is 277 g/mol. The summed E-state index contributed by atoms with van der Waals surface area (Å²) < 4.78 is 16.0. The molecule has 1 aromatic heterocycles. The fourth-order valence-corrected chi connectivity index (χ4v) is 3.22. The van der Waals surface area contributed by atoms with Crippen LogP contribution in [0.2, 0.25) is 0 Å². The number of hydrogen-bond donors (Lipinski definition) is 2. The van der Waals surface area contributed by atoms with Gasteiger partial charge in [0.1, 0.15) is 5.82 Å².